The number of aliphatic hydroxyl groups is 2. The van der Waals surface area contributed by atoms with Crippen LogP contribution in [-0.4, -0.2) is 34.9 Å². The lowest BCUT2D eigenvalue weighted by Crippen LogP contribution is -1.85. The molecule has 0 aromatic rings. The second-order valence-electron chi connectivity index (χ2n) is 2.51. The van der Waals surface area contributed by atoms with Gasteiger partial charge in [0.05, 0.1) is 6.61 Å². The maximum atomic E-state index is 8.50. The van der Waals surface area contributed by atoms with Crippen LogP contribution >= 0.6 is 21.6 Å². The van der Waals surface area contributed by atoms with Gasteiger partial charge in [-0.2, -0.15) is 0 Å². The van der Waals surface area contributed by atoms with E-state index in [9.17, 15) is 0 Å². The normalized spacial score (nSPS) is 10.5. The van der Waals surface area contributed by atoms with Crippen molar-refractivity contribution < 1.29 is 10.2 Å². The molecule has 12 heavy (non-hydrogen) atoms. The van der Waals surface area contributed by atoms with Crippen LogP contribution in [0.4, 0.5) is 0 Å². The van der Waals surface area contributed by atoms with E-state index in [-0.39, 0.29) is 6.61 Å². The van der Waals surface area contributed by atoms with E-state index in [4.69, 9.17) is 10.2 Å². The summed E-state index contributed by atoms with van der Waals surface area (Å²) in [5.41, 5.74) is 0. The van der Waals surface area contributed by atoms with Crippen molar-refractivity contribution in [1.82, 2.24) is 0 Å². The van der Waals surface area contributed by atoms with E-state index in [0.29, 0.717) is 6.61 Å². The third-order valence-corrected chi connectivity index (χ3v) is 3.86. The molecule has 74 valence electrons. The smallest absolute Gasteiger partial charge is 0.0530 e. The average molecular weight is 210 g/mol. The van der Waals surface area contributed by atoms with Crippen LogP contribution in [0.1, 0.15) is 25.7 Å². The highest BCUT2D eigenvalue weighted by Crippen LogP contribution is 2.21. The van der Waals surface area contributed by atoms with E-state index in [1.54, 1.807) is 10.8 Å². The van der Waals surface area contributed by atoms with Gasteiger partial charge in [-0.05, 0) is 12.8 Å². The fourth-order valence-electron chi connectivity index (χ4n) is 0.781. The van der Waals surface area contributed by atoms with Crippen LogP contribution in [-0.2, 0) is 0 Å². The lowest BCUT2D eigenvalue weighted by molar-refractivity contribution is 0.283. The molecular formula is C8H18O2S2. The van der Waals surface area contributed by atoms with Gasteiger partial charge in [-0.25, -0.2) is 0 Å². The summed E-state index contributed by atoms with van der Waals surface area (Å²) in [6.07, 6.45) is 4.52. The molecule has 0 aliphatic carbocycles. The summed E-state index contributed by atoms with van der Waals surface area (Å²) in [6, 6.07) is 0. The lowest BCUT2D eigenvalue weighted by Gasteiger charge is -1.99. The third kappa shape index (κ3) is 10.6. The predicted octanol–water partition coefficient (Wildman–Crippen LogP) is 1.91. The first kappa shape index (κ1) is 12.6. The first-order valence-corrected chi connectivity index (χ1v) is 6.86. The minimum absolute atomic E-state index is 0.280. The molecule has 0 rings (SSSR count). The summed E-state index contributed by atoms with van der Waals surface area (Å²) in [5.74, 6) is 2.00. The van der Waals surface area contributed by atoms with Gasteiger partial charge in [0.25, 0.3) is 0 Å². The Morgan fingerprint density at radius 2 is 1.33 bits per heavy atom. The Hall–Kier alpha value is 0.620. The highest BCUT2D eigenvalue weighted by atomic mass is 33.1. The molecule has 0 bridgehead atoms. The fourth-order valence-corrected chi connectivity index (χ4v) is 2.70. The molecule has 0 unspecified atom stereocenters. The average Bonchev–Trinajstić information content (AvgIpc) is 2.10. The Morgan fingerprint density at radius 1 is 0.667 bits per heavy atom. The van der Waals surface area contributed by atoms with Gasteiger partial charge in [0.15, 0.2) is 0 Å². The molecule has 0 saturated carbocycles. The predicted molar refractivity (Wildman–Crippen MR) is 57.6 cm³/mol. The van der Waals surface area contributed by atoms with E-state index in [1.807, 2.05) is 10.8 Å². The van der Waals surface area contributed by atoms with Gasteiger partial charge in [0.2, 0.25) is 0 Å². The first-order chi connectivity index (χ1) is 5.91. The van der Waals surface area contributed by atoms with Crippen LogP contribution in [0, 0.1) is 0 Å². The molecule has 0 saturated heterocycles. The van der Waals surface area contributed by atoms with Crippen molar-refractivity contribution in [3.05, 3.63) is 0 Å². The molecular weight excluding hydrogens is 192 g/mol. The largest absolute Gasteiger partial charge is 0.396 e. The Kier molecular flexibility index (Phi) is 12.2. The number of hydrogen-bond donors (Lipinski definition) is 2. The second kappa shape index (κ2) is 11.6. The van der Waals surface area contributed by atoms with Crippen molar-refractivity contribution >= 4 is 21.6 Å². The van der Waals surface area contributed by atoms with E-state index >= 15 is 0 Å². The summed E-state index contributed by atoms with van der Waals surface area (Å²) in [5, 5.41) is 17.0. The lowest BCUT2D eigenvalue weighted by atomic mass is 10.2. The maximum Gasteiger partial charge on any atom is 0.0530 e. The van der Waals surface area contributed by atoms with Crippen LogP contribution in [0.15, 0.2) is 0 Å². The fraction of sp³-hybridized carbons (Fsp3) is 1.00. The Balaban J connectivity index is 2.73. The third-order valence-electron chi connectivity index (χ3n) is 1.39. The number of hydrogen-bond acceptors (Lipinski definition) is 4. The summed E-state index contributed by atoms with van der Waals surface area (Å²) in [6.45, 7) is 0.606. The molecule has 0 spiro atoms. The molecule has 0 atom stereocenters. The van der Waals surface area contributed by atoms with Gasteiger partial charge >= 0.3 is 0 Å². The van der Waals surface area contributed by atoms with Gasteiger partial charge in [-0.1, -0.05) is 34.4 Å². The molecule has 0 amide bonds. The first-order valence-electron chi connectivity index (χ1n) is 4.38. The minimum Gasteiger partial charge on any atom is -0.396 e. The number of rotatable bonds is 9. The van der Waals surface area contributed by atoms with Crippen LogP contribution < -0.4 is 0 Å². The quantitative estimate of drug-likeness (QED) is 0.450. The summed E-state index contributed by atoms with van der Waals surface area (Å²) >= 11 is 0. The summed E-state index contributed by atoms with van der Waals surface area (Å²) in [4.78, 5) is 0. The zero-order valence-electron chi connectivity index (χ0n) is 7.37. The molecule has 2 N–H and O–H groups in total. The standard InChI is InChI=1S/C8H18O2S2/c9-5-3-1-2-4-7-11-12-8-6-10/h9-10H,1-8H2. The van der Waals surface area contributed by atoms with E-state index < -0.39 is 0 Å². The number of aliphatic hydroxyl groups excluding tert-OH is 2. The molecule has 0 heterocycles. The van der Waals surface area contributed by atoms with E-state index in [2.05, 4.69) is 0 Å². The van der Waals surface area contributed by atoms with E-state index in [0.717, 1.165) is 24.3 Å². The summed E-state index contributed by atoms with van der Waals surface area (Å²) < 4.78 is 0. The monoisotopic (exact) mass is 210 g/mol. The zero-order valence-corrected chi connectivity index (χ0v) is 9.00. The second-order valence-corrected chi connectivity index (χ2v) is 5.21. The Bertz CT molecular complexity index is 71.5. The Morgan fingerprint density at radius 3 is 2.00 bits per heavy atom. The van der Waals surface area contributed by atoms with Crippen molar-refractivity contribution in [3.63, 3.8) is 0 Å². The highest BCUT2D eigenvalue weighted by molar-refractivity contribution is 8.76. The van der Waals surface area contributed by atoms with Gasteiger partial charge in [0.1, 0.15) is 0 Å². The molecule has 0 aliphatic heterocycles. The zero-order chi connectivity index (χ0) is 9.07. The van der Waals surface area contributed by atoms with Gasteiger partial charge in [-0.15, -0.1) is 0 Å². The van der Waals surface area contributed by atoms with Crippen LogP contribution in [0.2, 0.25) is 0 Å². The molecule has 0 aromatic carbocycles. The Labute approximate surface area is 82.5 Å². The van der Waals surface area contributed by atoms with Crippen molar-refractivity contribution in [2.45, 2.75) is 25.7 Å². The SMILES string of the molecule is OCCCCCCSSCCO. The molecule has 2 nitrogen and oxygen atoms in total. The van der Waals surface area contributed by atoms with Crippen molar-refractivity contribution in [2.24, 2.45) is 0 Å². The van der Waals surface area contributed by atoms with Crippen LogP contribution in [0.25, 0.3) is 0 Å². The van der Waals surface area contributed by atoms with Crippen molar-refractivity contribution in [1.29, 1.82) is 0 Å². The molecule has 0 aromatic heterocycles. The van der Waals surface area contributed by atoms with E-state index in [1.165, 1.54) is 12.8 Å². The van der Waals surface area contributed by atoms with Gasteiger partial charge < -0.3 is 10.2 Å². The highest BCUT2D eigenvalue weighted by Gasteiger charge is 1.91. The molecule has 0 radical (unpaired) electrons. The van der Waals surface area contributed by atoms with Crippen LogP contribution in [0.5, 0.6) is 0 Å². The molecule has 4 heteroatoms. The van der Waals surface area contributed by atoms with Crippen molar-refractivity contribution in [2.75, 3.05) is 24.7 Å². The number of unbranched alkanes of at least 4 members (excludes halogenated alkanes) is 3. The van der Waals surface area contributed by atoms with Gasteiger partial charge in [0, 0.05) is 18.1 Å². The molecule has 0 aliphatic rings. The van der Waals surface area contributed by atoms with Crippen molar-refractivity contribution in [3.8, 4) is 0 Å². The maximum absolute atomic E-state index is 8.50. The van der Waals surface area contributed by atoms with Crippen LogP contribution in [0.3, 0.4) is 0 Å². The van der Waals surface area contributed by atoms with Gasteiger partial charge in [-0.3, -0.25) is 0 Å². The minimum atomic E-state index is 0.280. The molecule has 0 fully saturated rings. The summed E-state index contributed by atoms with van der Waals surface area (Å²) in [7, 11) is 3.56. The topological polar surface area (TPSA) is 40.5 Å².